The van der Waals surface area contributed by atoms with Gasteiger partial charge in [-0.3, -0.25) is 4.79 Å². The molecule has 7 heteroatoms. The van der Waals surface area contributed by atoms with E-state index in [0.717, 1.165) is 46.5 Å². The van der Waals surface area contributed by atoms with E-state index in [4.69, 9.17) is 4.74 Å². The van der Waals surface area contributed by atoms with E-state index in [0.29, 0.717) is 12.8 Å². The summed E-state index contributed by atoms with van der Waals surface area (Å²) in [4.78, 5) is 36.1. The van der Waals surface area contributed by atoms with E-state index in [-0.39, 0.29) is 11.8 Å². The van der Waals surface area contributed by atoms with Gasteiger partial charge < -0.3 is 20.0 Å². The van der Waals surface area contributed by atoms with Crippen molar-refractivity contribution < 1.29 is 14.3 Å². The highest BCUT2D eigenvalue weighted by Gasteiger charge is 2.30. The molecule has 2 aromatic heterocycles. The van der Waals surface area contributed by atoms with E-state index in [1.165, 1.54) is 7.11 Å². The van der Waals surface area contributed by atoms with Gasteiger partial charge in [0.05, 0.1) is 12.8 Å². The topological polar surface area (TPSA) is 99.9 Å². The number of amides is 1. The number of aromatic amines is 2. The number of aryl methyl sites for hydroxylation is 2. The van der Waals surface area contributed by atoms with Crippen molar-refractivity contribution in [1.82, 2.24) is 20.3 Å². The Hall–Kier alpha value is -3.09. The summed E-state index contributed by atoms with van der Waals surface area (Å²) in [6.07, 6.45) is 4.37. The first-order chi connectivity index (χ1) is 13.5. The van der Waals surface area contributed by atoms with Gasteiger partial charge in [-0.05, 0) is 31.4 Å². The summed E-state index contributed by atoms with van der Waals surface area (Å²) in [6.45, 7) is 1.92. The van der Waals surface area contributed by atoms with Gasteiger partial charge in [0.15, 0.2) is 0 Å². The second-order valence-electron chi connectivity index (χ2n) is 7.34. The molecule has 0 radical (unpaired) electrons. The molecule has 146 valence electrons. The van der Waals surface area contributed by atoms with Gasteiger partial charge in [0.2, 0.25) is 5.91 Å². The summed E-state index contributed by atoms with van der Waals surface area (Å²) in [5.41, 5.74) is 4.04. The van der Waals surface area contributed by atoms with Gasteiger partial charge >= 0.3 is 5.97 Å². The minimum Gasteiger partial charge on any atom is -0.467 e. The lowest BCUT2D eigenvalue weighted by molar-refractivity contribution is -0.145. The first-order valence-corrected chi connectivity index (χ1v) is 9.52. The predicted octanol–water partition coefficient (Wildman–Crippen LogP) is 2.20. The van der Waals surface area contributed by atoms with Crippen LogP contribution in [0.4, 0.5) is 0 Å². The number of rotatable bonds is 5. The molecule has 2 atom stereocenters. The molecule has 1 aliphatic carbocycles. The molecule has 0 fully saturated rings. The maximum Gasteiger partial charge on any atom is 0.328 e. The van der Waals surface area contributed by atoms with Crippen LogP contribution < -0.4 is 5.32 Å². The van der Waals surface area contributed by atoms with Gasteiger partial charge in [0.25, 0.3) is 0 Å². The Morgan fingerprint density at radius 3 is 3.00 bits per heavy atom. The number of nitrogens with zero attached hydrogens (tertiary/aromatic N) is 1. The van der Waals surface area contributed by atoms with E-state index >= 15 is 0 Å². The van der Waals surface area contributed by atoms with Gasteiger partial charge in [0, 0.05) is 41.6 Å². The standard InChI is InChI=1S/C21H24N4O3/c1-12-23-17-8-7-13(9-18(17)24-12)20(26)25-19(21(27)28-2)10-14-11-22-16-6-4-3-5-15(14)16/h3-6,11,13,19,22H,7-10H2,1-2H3,(H,23,24)(H,25,26). The zero-order chi connectivity index (χ0) is 19.7. The average Bonchev–Trinajstić information content (AvgIpc) is 3.28. The molecule has 28 heavy (non-hydrogen) atoms. The molecular formula is C21H24N4O3. The lowest BCUT2D eigenvalue weighted by Gasteiger charge is -2.23. The summed E-state index contributed by atoms with van der Waals surface area (Å²) in [6, 6.07) is 7.17. The maximum atomic E-state index is 12.9. The minimum absolute atomic E-state index is 0.117. The first kappa shape index (κ1) is 18.3. The Morgan fingerprint density at radius 1 is 1.36 bits per heavy atom. The number of hydrogen-bond acceptors (Lipinski definition) is 4. The molecule has 0 bridgehead atoms. The largest absolute Gasteiger partial charge is 0.467 e. The number of nitrogens with one attached hydrogen (secondary N) is 3. The SMILES string of the molecule is COC(=O)C(Cc1c[nH]c2ccccc12)NC(=O)C1CCc2nc(C)[nH]c2C1. The van der Waals surface area contributed by atoms with Gasteiger partial charge in [-0.25, -0.2) is 9.78 Å². The number of carbonyl (C=O) groups is 2. The molecule has 3 aromatic rings. The van der Waals surface area contributed by atoms with Crippen molar-refractivity contribution in [3.8, 4) is 0 Å². The van der Waals surface area contributed by atoms with Crippen molar-refractivity contribution in [1.29, 1.82) is 0 Å². The summed E-state index contributed by atoms with van der Waals surface area (Å²) < 4.78 is 4.94. The highest BCUT2D eigenvalue weighted by Crippen LogP contribution is 2.25. The van der Waals surface area contributed by atoms with Crippen LogP contribution in [0.3, 0.4) is 0 Å². The summed E-state index contributed by atoms with van der Waals surface area (Å²) in [5, 5.41) is 3.96. The highest BCUT2D eigenvalue weighted by atomic mass is 16.5. The first-order valence-electron chi connectivity index (χ1n) is 9.52. The maximum absolute atomic E-state index is 12.9. The normalized spacial score (nSPS) is 17.1. The van der Waals surface area contributed by atoms with Crippen LogP contribution in [-0.4, -0.2) is 40.0 Å². The molecule has 3 N–H and O–H groups in total. The third-order valence-electron chi connectivity index (χ3n) is 5.43. The molecule has 1 aliphatic rings. The fraction of sp³-hybridized carbons (Fsp3) is 0.381. The van der Waals surface area contributed by atoms with Crippen molar-refractivity contribution in [2.75, 3.05) is 7.11 Å². The Balaban J connectivity index is 1.49. The summed E-state index contributed by atoms with van der Waals surface area (Å²) in [7, 11) is 1.34. The predicted molar refractivity (Wildman–Crippen MR) is 105 cm³/mol. The van der Waals surface area contributed by atoms with Crippen LogP contribution in [0, 0.1) is 12.8 Å². The lowest BCUT2D eigenvalue weighted by Crippen LogP contribution is -2.46. The fourth-order valence-corrected chi connectivity index (χ4v) is 3.99. The molecule has 7 nitrogen and oxygen atoms in total. The fourth-order valence-electron chi connectivity index (χ4n) is 3.99. The van der Waals surface area contributed by atoms with Crippen LogP contribution in [-0.2, 0) is 33.6 Å². The molecule has 0 saturated carbocycles. The van der Waals surface area contributed by atoms with Gasteiger partial charge in [-0.15, -0.1) is 0 Å². The van der Waals surface area contributed by atoms with Gasteiger partial charge in [-0.2, -0.15) is 0 Å². The second-order valence-corrected chi connectivity index (χ2v) is 7.34. The zero-order valence-electron chi connectivity index (χ0n) is 16.0. The highest BCUT2D eigenvalue weighted by molar-refractivity contribution is 5.88. The van der Waals surface area contributed by atoms with E-state index < -0.39 is 12.0 Å². The average molecular weight is 380 g/mol. The molecule has 2 unspecified atom stereocenters. The van der Waals surface area contributed by atoms with Crippen molar-refractivity contribution in [2.24, 2.45) is 5.92 Å². The Bertz CT molecular complexity index is 1020. The molecule has 1 amide bonds. The van der Waals surface area contributed by atoms with Gasteiger partial charge in [-0.1, -0.05) is 18.2 Å². The Kier molecular flexibility index (Phi) is 4.90. The molecular weight excluding hydrogens is 356 g/mol. The third-order valence-corrected chi connectivity index (χ3v) is 5.43. The minimum atomic E-state index is -0.721. The van der Waals surface area contributed by atoms with E-state index in [2.05, 4.69) is 20.3 Å². The number of para-hydroxylation sites is 1. The number of imidazole rings is 1. The zero-order valence-corrected chi connectivity index (χ0v) is 16.0. The number of aromatic nitrogens is 3. The number of fused-ring (bicyclic) bond motifs is 2. The van der Waals surface area contributed by atoms with Crippen LogP contribution in [0.15, 0.2) is 30.5 Å². The Morgan fingerprint density at radius 2 is 2.18 bits per heavy atom. The summed E-state index contributed by atoms with van der Waals surface area (Å²) >= 11 is 0. The number of carbonyl (C=O) groups excluding carboxylic acids is 2. The lowest BCUT2D eigenvalue weighted by atomic mass is 9.89. The number of benzene rings is 1. The number of ether oxygens (including phenoxy) is 1. The molecule has 1 aromatic carbocycles. The van der Waals surface area contributed by atoms with Crippen molar-refractivity contribution in [3.63, 3.8) is 0 Å². The third kappa shape index (κ3) is 3.52. The molecule has 0 aliphatic heterocycles. The molecule has 2 heterocycles. The van der Waals surface area contributed by atoms with Crippen molar-refractivity contribution >= 4 is 22.8 Å². The summed E-state index contributed by atoms with van der Waals surface area (Å²) in [5.74, 6) is 0.140. The number of H-pyrrole nitrogens is 2. The number of methoxy groups -OCH3 is 1. The van der Waals surface area contributed by atoms with Crippen LogP contribution in [0.1, 0.15) is 29.2 Å². The molecule has 4 rings (SSSR count). The van der Waals surface area contributed by atoms with Crippen molar-refractivity contribution in [3.05, 3.63) is 53.2 Å². The van der Waals surface area contributed by atoms with E-state index in [9.17, 15) is 9.59 Å². The van der Waals surface area contributed by atoms with Crippen LogP contribution in [0.2, 0.25) is 0 Å². The van der Waals surface area contributed by atoms with Gasteiger partial charge in [0.1, 0.15) is 11.9 Å². The van der Waals surface area contributed by atoms with Crippen LogP contribution >= 0.6 is 0 Å². The van der Waals surface area contributed by atoms with Crippen molar-refractivity contribution in [2.45, 2.75) is 38.6 Å². The molecule has 0 saturated heterocycles. The van der Waals surface area contributed by atoms with Crippen LogP contribution in [0.5, 0.6) is 0 Å². The van der Waals surface area contributed by atoms with Crippen LogP contribution in [0.25, 0.3) is 10.9 Å². The molecule has 0 spiro atoms. The number of hydrogen-bond donors (Lipinski definition) is 3. The monoisotopic (exact) mass is 380 g/mol. The second kappa shape index (κ2) is 7.50. The smallest absolute Gasteiger partial charge is 0.328 e. The van der Waals surface area contributed by atoms with E-state index in [1.807, 2.05) is 37.4 Å². The Labute approximate surface area is 162 Å². The quantitative estimate of drug-likeness (QED) is 0.591. The van der Waals surface area contributed by atoms with E-state index in [1.54, 1.807) is 0 Å². The number of esters is 1.